The molecular formula is C23H29FN2O3S2. The summed E-state index contributed by atoms with van der Waals surface area (Å²) in [6.07, 6.45) is 1.06. The number of nitrogens with zero attached hydrogens (tertiary/aromatic N) is 1. The SMILES string of the molecule is Cc1ccccc1CS(=O)(=O)N1CCC(C(=O)NCCSCc2ccccc2F)CC1. The normalized spacial score (nSPS) is 15.7. The van der Waals surface area contributed by atoms with Crippen LogP contribution >= 0.6 is 11.8 Å². The van der Waals surface area contributed by atoms with Gasteiger partial charge in [0.25, 0.3) is 0 Å². The van der Waals surface area contributed by atoms with Gasteiger partial charge in [0.15, 0.2) is 0 Å². The summed E-state index contributed by atoms with van der Waals surface area (Å²) in [6, 6.07) is 14.2. The van der Waals surface area contributed by atoms with Crippen LogP contribution in [0.2, 0.25) is 0 Å². The summed E-state index contributed by atoms with van der Waals surface area (Å²) in [6.45, 7) is 3.17. The molecule has 168 valence electrons. The van der Waals surface area contributed by atoms with Gasteiger partial charge in [-0.25, -0.2) is 17.1 Å². The van der Waals surface area contributed by atoms with E-state index in [-0.39, 0.29) is 23.4 Å². The van der Waals surface area contributed by atoms with Crippen LogP contribution in [0.1, 0.15) is 29.5 Å². The van der Waals surface area contributed by atoms with E-state index in [0.717, 1.165) is 11.1 Å². The lowest BCUT2D eigenvalue weighted by molar-refractivity contribution is -0.125. The lowest BCUT2D eigenvalue weighted by Gasteiger charge is -2.30. The fourth-order valence-electron chi connectivity index (χ4n) is 3.64. The number of sulfonamides is 1. The molecule has 8 heteroatoms. The maximum absolute atomic E-state index is 13.6. The van der Waals surface area contributed by atoms with Crippen molar-refractivity contribution in [3.63, 3.8) is 0 Å². The highest BCUT2D eigenvalue weighted by molar-refractivity contribution is 7.98. The number of amides is 1. The molecule has 1 aliphatic rings. The highest BCUT2D eigenvalue weighted by Gasteiger charge is 2.31. The Labute approximate surface area is 188 Å². The molecule has 1 heterocycles. The number of halogens is 1. The van der Waals surface area contributed by atoms with Crippen LogP contribution in [-0.4, -0.2) is 44.0 Å². The third kappa shape index (κ3) is 6.79. The summed E-state index contributed by atoms with van der Waals surface area (Å²) in [5, 5.41) is 2.93. The number of piperidine rings is 1. The largest absolute Gasteiger partial charge is 0.355 e. The molecule has 0 aliphatic carbocycles. The number of benzene rings is 2. The number of hydrogen-bond acceptors (Lipinski definition) is 4. The molecule has 1 N–H and O–H groups in total. The minimum absolute atomic E-state index is 0.00420. The van der Waals surface area contributed by atoms with E-state index in [0.29, 0.717) is 49.5 Å². The van der Waals surface area contributed by atoms with Crippen molar-refractivity contribution in [3.05, 3.63) is 71.0 Å². The number of carbonyl (C=O) groups excluding carboxylic acids is 1. The molecule has 1 saturated heterocycles. The molecule has 0 bridgehead atoms. The second kappa shape index (κ2) is 11.1. The zero-order valence-electron chi connectivity index (χ0n) is 17.7. The van der Waals surface area contributed by atoms with E-state index in [1.54, 1.807) is 23.9 Å². The van der Waals surface area contributed by atoms with Crippen LogP contribution in [0.5, 0.6) is 0 Å². The number of thioether (sulfide) groups is 1. The summed E-state index contributed by atoms with van der Waals surface area (Å²) in [5.74, 6) is 0.867. The first-order valence-corrected chi connectivity index (χ1v) is 13.2. The Morgan fingerprint density at radius 3 is 2.42 bits per heavy atom. The quantitative estimate of drug-likeness (QED) is 0.575. The van der Waals surface area contributed by atoms with Gasteiger partial charge < -0.3 is 5.32 Å². The molecule has 5 nitrogen and oxygen atoms in total. The fraction of sp³-hybridized carbons (Fsp3) is 0.435. The standard InChI is InChI=1S/C23H29FN2O3S2/c1-18-6-2-3-8-21(18)17-31(28,29)26-13-10-19(11-14-26)23(27)25-12-15-30-16-20-7-4-5-9-22(20)24/h2-9,19H,10-17H2,1H3,(H,25,27). The molecule has 3 rings (SSSR count). The van der Waals surface area contributed by atoms with Crippen molar-refractivity contribution in [3.8, 4) is 0 Å². The van der Waals surface area contributed by atoms with Crippen LogP contribution < -0.4 is 5.32 Å². The van der Waals surface area contributed by atoms with Gasteiger partial charge in [0, 0.05) is 37.1 Å². The maximum Gasteiger partial charge on any atom is 0.223 e. The second-order valence-corrected chi connectivity index (χ2v) is 10.9. The minimum Gasteiger partial charge on any atom is -0.355 e. The van der Waals surface area contributed by atoms with E-state index in [1.165, 1.54) is 10.4 Å². The lowest BCUT2D eigenvalue weighted by Crippen LogP contribution is -2.43. The molecule has 0 aromatic heterocycles. The van der Waals surface area contributed by atoms with Crippen molar-refractivity contribution in [2.75, 3.05) is 25.4 Å². The maximum atomic E-state index is 13.6. The van der Waals surface area contributed by atoms with E-state index in [1.807, 2.05) is 37.3 Å². The summed E-state index contributed by atoms with van der Waals surface area (Å²) in [4.78, 5) is 12.4. The zero-order valence-corrected chi connectivity index (χ0v) is 19.4. The van der Waals surface area contributed by atoms with E-state index in [4.69, 9.17) is 0 Å². The van der Waals surface area contributed by atoms with Gasteiger partial charge in [0.2, 0.25) is 15.9 Å². The van der Waals surface area contributed by atoms with Gasteiger partial charge in [0.1, 0.15) is 5.82 Å². The predicted molar refractivity (Wildman–Crippen MR) is 124 cm³/mol. The Morgan fingerprint density at radius 1 is 1.10 bits per heavy atom. The molecule has 2 aromatic carbocycles. The molecule has 0 radical (unpaired) electrons. The number of nitrogens with one attached hydrogen (secondary N) is 1. The van der Waals surface area contributed by atoms with E-state index >= 15 is 0 Å². The van der Waals surface area contributed by atoms with Gasteiger partial charge in [-0.1, -0.05) is 42.5 Å². The Balaban J connectivity index is 1.38. The van der Waals surface area contributed by atoms with Crippen molar-refractivity contribution in [1.29, 1.82) is 0 Å². The van der Waals surface area contributed by atoms with Gasteiger partial charge in [-0.05, 0) is 42.5 Å². The van der Waals surface area contributed by atoms with Crippen molar-refractivity contribution in [1.82, 2.24) is 9.62 Å². The van der Waals surface area contributed by atoms with Gasteiger partial charge >= 0.3 is 0 Å². The Bertz CT molecular complexity index is 990. The topological polar surface area (TPSA) is 66.5 Å². The Hall–Kier alpha value is -1.90. The lowest BCUT2D eigenvalue weighted by atomic mass is 9.97. The first kappa shape index (κ1) is 23.8. The summed E-state index contributed by atoms with van der Waals surface area (Å²) >= 11 is 1.57. The van der Waals surface area contributed by atoms with Crippen LogP contribution in [0.15, 0.2) is 48.5 Å². The average molecular weight is 465 g/mol. The number of rotatable bonds is 9. The van der Waals surface area contributed by atoms with Gasteiger partial charge in [-0.15, -0.1) is 0 Å². The summed E-state index contributed by atoms with van der Waals surface area (Å²) in [5.41, 5.74) is 2.45. The Morgan fingerprint density at radius 2 is 1.74 bits per heavy atom. The minimum atomic E-state index is -3.39. The van der Waals surface area contributed by atoms with E-state index in [9.17, 15) is 17.6 Å². The molecule has 1 amide bonds. The zero-order chi connectivity index (χ0) is 22.3. The molecule has 0 atom stereocenters. The Kier molecular flexibility index (Phi) is 8.51. The monoisotopic (exact) mass is 464 g/mol. The average Bonchev–Trinajstić information content (AvgIpc) is 2.76. The molecule has 2 aromatic rings. The van der Waals surface area contributed by atoms with Crippen LogP contribution in [0, 0.1) is 18.7 Å². The van der Waals surface area contributed by atoms with Crippen LogP contribution in [0.25, 0.3) is 0 Å². The van der Waals surface area contributed by atoms with Gasteiger partial charge in [-0.2, -0.15) is 11.8 Å². The number of hydrogen-bond donors (Lipinski definition) is 1. The molecule has 31 heavy (non-hydrogen) atoms. The molecular weight excluding hydrogens is 435 g/mol. The van der Waals surface area contributed by atoms with Gasteiger partial charge in [-0.3, -0.25) is 4.79 Å². The van der Waals surface area contributed by atoms with E-state index in [2.05, 4.69) is 5.32 Å². The molecule has 1 fully saturated rings. The summed E-state index contributed by atoms with van der Waals surface area (Å²) < 4.78 is 40.6. The second-order valence-electron chi connectivity index (χ2n) is 7.79. The molecule has 0 saturated carbocycles. The van der Waals surface area contributed by atoms with Crippen LogP contribution in [0.3, 0.4) is 0 Å². The first-order chi connectivity index (χ1) is 14.9. The third-order valence-corrected chi connectivity index (χ3v) is 8.41. The third-order valence-electron chi connectivity index (χ3n) is 5.58. The van der Waals surface area contributed by atoms with Crippen molar-refractivity contribution in [2.45, 2.75) is 31.3 Å². The van der Waals surface area contributed by atoms with Crippen molar-refractivity contribution >= 4 is 27.7 Å². The molecule has 0 unspecified atom stereocenters. The highest BCUT2D eigenvalue weighted by atomic mass is 32.2. The van der Waals surface area contributed by atoms with Gasteiger partial charge in [0.05, 0.1) is 5.75 Å². The van der Waals surface area contributed by atoms with Crippen LogP contribution in [-0.2, 0) is 26.3 Å². The fourth-order valence-corrected chi connectivity index (χ4v) is 6.16. The molecule has 1 aliphatic heterocycles. The summed E-state index contributed by atoms with van der Waals surface area (Å²) in [7, 11) is -3.39. The molecule has 0 spiro atoms. The van der Waals surface area contributed by atoms with E-state index < -0.39 is 10.0 Å². The highest BCUT2D eigenvalue weighted by Crippen LogP contribution is 2.23. The number of carbonyl (C=O) groups is 1. The van der Waals surface area contributed by atoms with Crippen molar-refractivity contribution in [2.24, 2.45) is 5.92 Å². The van der Waals surface area contributed by atoms with Crippen molar-refractivity contribution < 1.29 is 17.6 Å². The predicted octanol–water partition coefficient (Wildman–Crippen LogP) is 3.73. The number of aryl methyl sites for hydroxylation is 1. The smallest absolute Gasteiger partial charge is 0.223 e. The first-order valence-electron chi connectivity index (χ1n) is 10.5. The van der Waals surface area contributed by atoms with Crippen LogP contribution in [0.4, 0.5) is 4.39 Å².